The zero-order chi connectivity index (χ0) is 17.9. The monoisotopic (exact) mass is 340 g/mol. The zero-order valence-electron chi connectivity index (χ0n) is 15.1. The van der Waals surface area contributed by atoms with Gasteiger partial charge in [-0.25, -0.2) is 13.1 Å². The molecule has 23 heavy (non-hydrogen) atoms. The molecule has 130 valence electrons. The summed E-state index contributed by atoms with van der Waals surface area (Å²) in [5.41, 5.74) is 4.64. The molecular weight excluding hydrogens is 312 g/mol. The Morgan fingerprint density at radius 2 is 1.35 bits per heavy atom. The molecule has 0 atom stereocenters. The Morgan fingerprint density at radius 3 is 1.78 bits per heavy atom. The lowest BCUT2D eigenvalue weighted by Crippen LogP contribution is -2.34. The van der Waals surface area contributed by atoms with Crippen molar-refractivity contribution in [1.29, 1.82) is 0 Å². The van der Waals surface area contributed by atoms with Crippen molar-refractivity contribution < 1.29 is 13.2 Å². The van der Waals surface area contributed by atoms with Crippen molar-refractivity contribution in [3.05, 3.63) is 27.8 Å². The normalized spacial score (nSPS) is 11.8. The van der Waals surface area contributed by atoms with Crippen LogP contribution in [-0.4, -0.2) is 26.9 Å². The quantitative estimate of drug-likeness (QED) is 0.835. The highest BCUT2D eigenvalue weighted by atomic mass is 32.2. The molecule has 0 bridgehead atoms. The maximum Gasteiger partial charge on any atom is 0.241 e. The van der Waals surface area contributed by atoms with E-state index < -0.39 is 10.0 Å². The summed E-state index contributed by atoms with van der Waals surface area (Å²) < 4.78 is 27.8. The van der Waals surface area contributed by atoms with Crippen LogP contribution in [0.5, 0.6) is 0 Å². The predicted octanol–water partition coefficient (Wildman–Crippen LogP) is 2.42. The molecule has 0 fully saturated rings. The van der Waals surface area contributed by atoms with E-state index in [1.165, 1.54) is 0 Å². The number of hydrogen-bond donors (Lipinski definition) is 2. The van der Waals surface area contributed by atoms with Gasteiger partial charge in [-0.1, -0.05) is 0 Å². The third-order valence-corrected chi connectivity index (χ3v) is 6.03. The van der Waals surface area contributed by atoms with Crippen molar-refractivity contribution in [2.24, 2.45) is 0 Å². The first-order valence-corrected chi connectivity index (χ1v) is 9.33. The Bertz CT molecular complexity index is 678. The highest BCUT2D eigenvalue weighted by Crippen LogP contribution is 2.29. The summed E-state index contributed by atoms with van der Waals surface area (Å²) >= 11 is 0. The fourth-order valence-electron chi connectivity index (χ4n) is 2.63. The molecule has 1 rings (SSSR count). The minimum atomic E-state index is -3.64. The minimum absolute atomic E-state index is 0.0472. The predicted molar refractivity (Wildman–Crippen MR) is 93.2 cm³/mol. The van der Waals surface area contributed by atoms with Gasteiger partial charge in [0.1, 0.15) is 0 Å². The second-order valence-electron chi connectivity index (χ2n) is 6.32. The van der Waals surface area contributed by atoms with Crippen molar-refractivity contribution in [3.8, 4) is 0 Å². The van der Waals surface area contributed by atoms with Gasteiger partial charge in [-0.2, -0.15) is 0 Å². The average molecular weight is 340 g/mol. The van der Waals surface area contributed by atoms with Crippen LogP contribution in [0.1, 0.15) is 48.1 Å². The largest absolute Gasteiger partial charge is 0.354 e. The van der Waals surface area contributed by atoms with E-state index in [1.54, 1.807) is 0 Å². The summed E-state index contributed by atoms with van der Waals surface area (Å²) in [6, 6.07) is 0.0472. The maximum absolute atomic E-state index is 12.7. The number of amides is 1. The number of carbonyl (C=O) groups is 1. The lowest BCUT2D eigenvalue weighted by atomic mass is 9.95. The molecular formula is C17H28N2O3S. The molecule has 2 N–H and O–H groups in total. The van der Waals surface area contributed by atoms with Crippen LogP contribution in [0.3, 0.4) is 0 Å². The van der Waals surface area contributed by atoms with E-state index in [4.69, 9.17) is 0 Å². The summed E-state index contributed by atoms with van der Waals surface area (Å²) in [4.78, 5) is 12.0. The SMILES string of the molecule is Cc1c(C)c(C)c(S(=O)(=O)NCCC(=O)NC(C)C)c(C)c1C. The average Bonchev–Trinajstić information content (AvgIpc) is 2.41. The number of nitrogens with one attached hydrogen (secondary N) is 2. The first-order valence-electron chi connectivity index (χ1n) is 7.85. The van der Waals surface area contributed by atoms with E-state index >= 15 is 0 Å². The lowest BCUT2D eigenvalue weighted by molar-refractivity contribution is -0.121. The van der Waals surface area contributed by atoms with E-state index in [0.717, 1.165) is 27.8 Å². The number of benzene rings is 1. The molecule has 0 saturated heterocycles. The fraction of sp³-hybridized carbons (Fsp3) is 0.588. The second kappa shape index (κ2) is 7.45. The Kier molecular flexibility index (Phi) is 6.36. The summed E-state index contributed by atoms with van der Waals surface area (Å²) in [6.45, 7) is 13.4. The van der Waals surface area contributed by atoms with Gasteiger partial charge in [0.15, 0.2) is 0 Å². The molecule has 0 unspecified atom stereocenters. The van der Waals surface area contributed by atoms with Gasteiger partial charge in [0, 0.05) is 19.0 Å². The molecule has 1 aromatic rings. The highest BCUT2D eigenvalue weighted by molar-refractivity contribution is 7.89. The van der Waals surface area contributed by atoms with Crippen LogP contribution in [-0.2, 0) is 14.8 Å². The molecule has 1 aromatic carbocycles. The molecule has 0 aliphatic rings. The van der Waals surface area contributed by atoms with Gasteiger partial charge < -0.3 is 5.32 Å². The standard InChI is InChI=1S/C17H28N2O3S/c1-10(2)19-16(20)8-9-18-23(21,22)17-14(6)12(4)11(3)13(5)15(17)7/h10,18H,8-9H2,1-7H3,(H,19,20). The Balaban J connectivity index is 3.00. The van der Waals surface area contributed by atoms with Crippen LogP contribution in [0, 0.1) is 34.6 Å². The number of sulfonamides is 1. The van der Waals surface area contributed by atoms with Gasteiger partial charge in [-0.05, 0) is 76.3 Å². The molecule has 0 saturated carbocycles. The van der Waals surface area contributed by atoms with Crippen LogP contribution in [0.25, 0.3) is 0 Å². The second-order valence-corrected chi connectivity index (χ2v) is 8.03. The van der Waals surface area contributed by atoms with Crippen LogP contribution in [0.4, 0.5) is 0 Å². The summed E-state index contributed by atoms with van der Waals surface area (Å²) in [7, 11) is -3.64. The van der Waals surface area contributed by atoms with Gasteiger partial charge in [0.25, 0.3) is 0 Å². The first kappa shape index (κ1) is 19.6. The maximum atomic E-state index is 12.7. The van der Waals surface area contributed by atoms with Gasteiger partial charge in [-0.15, -0.1) is 0 Å². The number of hydrogen-bond acceptors (Lipinski definition) is 3. The highest BCUT2D eigenvalue weighted by Gasteiger charge is 2.23. The molecule has 0 aliphatic heterocycles. The fourth-order valence-corrected chi connectivity index (χ4v) is 4.26. The molecule has 1 amide bonds. The van der Waals surface area contributed by atoms with E-state index in [2.05, 4.69) is 10.0 Å². The van der Waals surface area contributed by atoms with Crippen LogP contribution in [0.15, 0.2) is 4.90 Å². The molecule has 0 radical (unpaired) electrons. The van der Waals surface area contributed by atoms with Gasteiger partial charge in [0.05, 0.1) is 4.90 Å². The third-order valence-electron chi connectivity index (χ3n) is 4.29. The van der Waals surface area contributed by atoms with Crippen molar-refractivity contribution in [3.63, 3.8) is 0 Å². The smallest absolute Gasteiger partial charge is 0.241 e. The van der Waals surface area contributed by atoms with Crippen molar-refractivity contribution >= 4 is 15.9 Å². The summed E-state index contributed by atoms with van der Waals surface area (Å²) in [6.07, 6.45) is 0.124. The Hall–Kier alpha value is -1.40. The van der Waals surface area contributed by atoms with Crippen LogP contribution < -0.4 is 10.0 Å². The molecule has 0 heterocycles. The molecule has 0 aliphatic carbocycles. The van der Waals surface area contributed by atoms with Crippen molar-refractivity contribution in [2.75, 3.05) is 6.54 Å². The Labute approximate surface area is 139 Å². The zero-order valence-corrected chi connectivity index (χ0v) is 15.9. The van der Waals surface area contributed by atoms with Crippen LogP contribution in [0.2, 0.25) is 0 Å². The summed E-state index contributed by atoms with van der Waals surface area (Å²) in [5, 5.41) is 2.74. The Morgan fingerprint density at radius 1 is 0.913 bits per heavy atom. The number of carbonyl (C=O) groups excluding carboxylic acids is 1. The minimum Gasteiger partial charge on any atom is -0.354 e. The first-order chi connectivity index (χ1) is 10.5. The summed E-state index contributed by atoms with van der Waals surface area (Å²) in [5.74, 6) is -0.160. The lowest BCUT2D eigenvalue weighted by Gasteiger charge is -2.19. The number of rotatable bonds is 6. The van der Waals surface area contributed by atoms with Crippen molar-refractivity contribution in [1.82, 2.24) is 10.0 Å². The topological polar surface area (TPSA) is 75.3 Å². The van der Waals surface area contributed by atoms with Crippen LogP contribution >= 0.6 is 0 Å². The van der Waals surface area contributed by atoms with E-state index in [-0.39, 0.29) is 24.9 Å². The van der Waals surface area contributed by atoms with Gasteiger partial charge in [-0.3, -0.25) is 4.79 Å². The molecule has 0 aromatic heterocycles. The molecule has 5 nitrogen and oxygen atoms in total. The van der Waals surface area contributed by atoms with Gasteiger partial charge in [0.2, 0.25) is 15.9 Å². The van der Waals surface area contributed by atoms with E-state index in [0.29, 0.717) is 4.90 Å². The van der Waals surface area contributed by atoms with Gasteiger partial charge >= 0.3 is 0 Å². The van der Waals surface area contributed by atoms with Crippen molar-refractivity contribution in [2.45, 2.75) is 65.8 Å². The van der Waals surface area contributed by atoms with E-state index in [9.17, 15) is 13.2 Å². The molecule has 6 heteroatoms. The third kappa shape index (κ3) is 4.54. The molecule has 0 spiro atoms. The van der Waals surface area contributed by atoms with E-state index in [1.807, 2.05) is 48.5 Å².